The van der Waals surface area contributed by atoms with E-state index in [1.54, 1.807) is 0 Å². The Morgan fingerprint density at radius 1 is 0.905 bits per heavy atom. The minimum Gasteiger partial charge on any atom is -0.314 e. The van der Waals surface area contributed by atoms with Gasteiger partial charge in [0, 0.05) is 10.5 Å². The van der Waals surface area contributed by atoms with Crippen LogP contribution in [-0.2, 0) is 12.8 Å². The van der Waals surface area contributed by atoms with Crippen LogP contribution in [0.2, 0.25) is 0 Å². The Hall–Kier alpha value is -1.12. The van der Waals surface area contributed by atoms with Crippen LogP contribution in [0.5, 0.6) is 0 Å². The topological polar surface area (TPSA) is 12.0 Å². The van der Waals surface area contributed by atoms with Crippen molar-refractivity contribution in [2.24, 2.45) is 0 Å². The van der Waals surface area contributed by atoms with Gasteiger partial charge in [0.25, 0.3) is 0 Å². The summed E-state index contributed by atoms with van der Waals surface area (Å²) in [4.78, 5) is 0. The molecule has 0 saturated carbocycles. The monoisotopic (exact) mass is 345 g/mol. The van der Waals surface area contributed by atoms with Crippen LogP contribution in [0.3, 0.4) is 0 Å². The van der Waals surface area contributed by atoms with Crippen LogP contribution in [0.25, 0.3) is 0 Å². The van der Waals surface area contributed by atoms with Gasteiger partial charge in [0.2, 0.25) is 0 Å². The molecule has 0 heterocycles. The highest BCUT2D eigenvalue weighted by Crippen LogP contribution is 2.15. The van der Waals surface area contributed by atoms with E-state index in [0.717, 1.165) is 23.9 Å². The second kappa shape index (κ2) is 7.77. The molecule has 0 saturated heterocycles. The number of aryl methyl sites for hydroxylation is 2. The molecule has 0 aromatic heterocycles. The van der Waals surface area contributed by atoms with Gasteiger partial charge in [0.05, 0.1) is 0 Å². The van der Waals surface area contributed by atoms with Gasteiger partial charge in [-0.25, -0.2) is 0 Å². The number of benzene rings is 2. The molecule has 0 spiro atoms. The third-order valence-corrected chi connectivity index (χ3v) is 4.47. The fourth-order valence-corrected chi connectivity index (χ4v) is 2.89. The van der Waals surface area contributed by atoms with Crippen molar-refractivity contribution in [3.63, 3.8) is 0 Å². The van der Waals surface area contributed by atoms with Crippen molar-refractivity contribution < 1.29 is 0 Å². The lowest BCUT2D eigenvalue weighted by molar-refractivity contribution is 0.521. The van der Waals surface area contributed by atoms with Crippen LogP contribution in [-0.4, -0.2) is 12.6 Å². The first-order chi connectivity index (χ1) is 10.1. The molecule has 0 fully saturated rings. The molecular weight excluding hydrogens is 322 g/mol. The maximum atomic E-state index is 3.62. The van der Waals surface area contributed by atoms with E-state index in [1.807, 2.05) is 0 Å². The summed E-state index contributed by atoms with van der Waals surface area (Å²) in [5.74, 6) is 0. The molecule has 1 N–H and O–H groups in total. The van der Waals surface area contributed by atoms with Gasteiger partial charge < -0.3 is 5.32 Å². The van der Waals surface area contributed by atoms with Gasteiger partial charge in [0.15, 0.2) is 0 Å². The lowest BCUT2D eigenvalue weighted by atomic mass is 9.97. The molecule has 0 amide bonds. The second-order valence-corrected chi connectivity index (χ2v) is 6.62. The fraction of sp³-hybridized carbons (Fsp3) is 0.368. The van der Waals surface area contributed by atoms with Crippen molar-refractivity contribution in [2.45, 2.75) is 39.7 Å². The Kier molecular flexibility index (Phi) is 6.01. The summed E-state index contributed by atoms with van der Waals surface area (Å²) < 4.78 is 1.14. The summed E-state index contributed by atoms with van der Waals surface area (Å²) in [5, 5.41) is 3.62. The van der Waals surface area contributed by atoms with Crippen LogP contribution >= 0.6 is 15.9 Å². The van der Waals surface area contributed by atoms with Gasteiger partial charge in [0.1, 0.15) is 0 Å². The maximum Gasteiger partial charge on any atom is 0.0175 e. The predicted octanol–water partition coefficient (Wildman–Crippen LogP) is 4.83. The predicted molar refractivity (Wildman–Crippen MR) is 94.9 cm³/mol. The molecule has 0 radical (unpaired) electrons. The van der Waals surface area contributed by atoms with E-state index >= 15 is 0 Å². The molecule has 2 heteroatoms. The zero-order chi connectivity index (χ0) is 15.2. The molecule has 2 aromatic carbocycles. The van der Waals surface area contributed by atoms with Crippen molar-refractivity contribution >= 4 is 15.9 Å². The molecule has 1 nitrogen and oxygen atoms in total. The van der Waals surface area contributed by atoms with Crippen LogP contribution in [0.15, 0.2) is 46.9 Å². The van der Waals surface area contributed by atoms with Crippen molar-refractivity contribution in [3.8, 4) is 0 Å². The van der Waals surface area contributed by atoms with E-state index in [1.165, 1.54) is 22.3 Å². The van der Waals surface area contributed by atoms with Gasteiger partial charge in [-0.15, -0.1) is 0 Å². The lowest BCUT2D eigenvalue weighted by Gasteiger charge is -2.19. The molecule has 0 bridgehead atoms. The van der Waals surface area contributed by atoms with E-state index in [2.05, 4.69) is 84.5 Å². The number of rotatable bonds is 6. The normalized spacial score (nSPS) is 12.4. The maximum absolute atomic E-state index is 3.62. The highest BCUT2D eigenvalue weighted by atomic mass is 79.9. The Bertz CT molecular complexity index is 575. The minimum absolute atomic E-state index is 0.485. The largest absolute Gasteiger partial charge is 0.314 e. The summed E-state index contributed by atoms with van der Waals surface area (Å²) in [6.45, 7) is 7.54. The average molecular weight is 346 g/mol. The Labute approximate surface area is 136 Å². The number of nitrogens with one attached hydrogen (secondary N) is 1. The van der Waals surface area contributed by atoms with Gasteiger partial charge in [-0.05, 0) is 67.6 Å². The van der Waals surface area contributed by atoms with E-state index < -0.39 is 0 Å². The van der Waals surface area contributed by atoms with Crippen LogP contribution in [0.4, 0.5) is 0 Å². The average Bonchev–Trinajstić information content (AvgIpc) is 2.46. The number of hydrogen-bond acceptors (Lipinski definition) is 1. The fourth-order valence-electron chi connectivity index (χ4n) is 2.63. The first-order valence-electron chi connectivity index (χ1n) is 7.62. The van der Waals surface area contributed by atoms with E-state index in [4.69, 9.17) is 0 Å². The third kappa shape index (κ3) is 4.98. The van der Waals surface area contributed by atoms with Crippen molar-refractivity contribution in [2.75, 3.05) is 6.54 Å². The van der Waals surface area contributed by atoms with Crippen molar-refractivity contribution in [1.29, 1.82) is 0 Å². The summed E-state index contributed by atoms with van der Waals surface area (Å²) in [5.41, 5.74) is 5.55. The van der Waals surface area contributed by atoms with Crippen LogP contribution in [0.1, 0.15) is 29.2 Å². The number of halogens is 1. The highest BCUT2D eigenvalue weighted by Gasteiger charge is 2.10. The van der Waals surface area contributed by atoms with Crippen LogP contribution < -0.4 is 5.32 Å². The smallest absolute Gasteiger partial charge is 0.0175 e. The lowest BCUT2D eigenvalue weighted by Crippen LogP contribution is -2.33. The first-order valence-corrected chi connectivity index (χ1v) is 8.41. The first kappa shape index (κ1) is 16.3. The van der Waals surface area contributed by atoms with E-state index in [-0.39, 0.29) is 0 Å². The summed E-state index contributed by atoms with van der Waals surface area (Å²) in [6, 6.07) is 15.9. The zero-order valence-electron chi connectivity index (χ0n) is 13.1. The van der Waals surface area contributed by atoms with Gasteiger partial charge in [-0.1, -0.05) is 53.2 Å². The minimum atomic E-state index is 0.485. The zero-order valence-corrected chi connectivity index (χ0v) is 14.7. The second-order valence-electron chi connectivity index (χ2n) is 5.71. The summed E-state index contributed by atoms with van der Waals surface area (Å²) in [7, 11) is 0. The Balaban J connectivity index is 2.07. The van der Waals surface area contributed by atoms with E-state index in [0.29, 0.717) is 6.04 Å². The molecule has 2 rings (SSSR count). The number of hydrogen-bond donors (Lipinski definition) is 1. The summed E-state index contributed by atoms with van der Waals surface area (Å²) in [6.07, 6.45) is 2.14. The SMILES string of the molecule is CCNC(Cc1ccc(Br)cc1)Cc1ccc(C)c(C)c1. The van der Waals surface area contributed by atoms with Crippen LogP contribution in [0, 0.1) is 13.8 Å². The molecule has 1 unspecified atom stereocenters. The van der Waals surface area contributed by atoms with Gasteiger partial charge in [-0.2, -0.15) is 0 Å². The standard InChI is InChI=1S/C19H24BrN/c1-4-21-19(12-16-7-9-18(20)10-8-16)13-17-6-5-14(2)15(3)11-17/h5-11,19,21H,4,12-13H2,1-3H3. The van der Waals surface area contributed by atoms with E-state index in [9.17, 15) is 0 Å². The molecule has 0 aliphatic heterocycles. The molecule has 0 aliphatic carbocycles. The van der Waals surface area contributed by atoms with Gasteiger partial charge >= 0.3 is 0 Å². The van der Waals surface area contributed by atoms with Gasteiger partial charge in [-0.3, -0.25) is 0 Å². The molecule has 112 valence electrons. The third-order valence-electron chi connectivity index (χ3n) is 3.94. The Morgan fingerprint density at radius 2 is 1.52 bits per heavy atom. The highest BCUT2D eigenvalue weighted by molar-refractivity contribution is 9.10. The molecular formula is C19H24BrN. The molecule has 2 aromatic rings. The molecule has 21 heavy (non-hydrogen) atoms. The number of likely N-dealkylation sites (N-methyl/N-ethyl adjacent to an activating group) is 1. The Morgan fingerprint density at radius 3 is 2.14 bits per heavy atom. The quantitative estimate of drug-likeness (QED) is 0.790. The molecule has 1 atom stereocenters. The summed E-state index contributed by atoms with van der Waals surface area (Å²) >= 11 is 3.50. The molecule has 0 aliphatic rings. The van der Waals surface area contributed by atoms with Crippen molar-refractivity contribution in [3.05, 3.63) is 69.2 Å². The van der Waals surface area contributed by atoms with Crippen molar-refractivity contribution in [1.82, 2.24) is 5.32 Å².